The van der Waals surface area contributed by atoms with Crippen LogP contribution < -0.4 is 0 Å². The Balaban J connectivity index is 1.43. The summed E-state index contributed by atoms with van der Waals surface area (Å²) < 4.78 is 6.28. The lowest BCUT2D eigenvalue weighted by Gasteiger charge is -2.12. The van der Waals surface area contributed by atoms with Crippen molar-refractivity contribution in [3.05, 3.63) is 114 Å². The van der Waals surface area contributed by atoms with Gasteiger partial charge in [-0.2, -0.15) is 15.0 Å². The molecule has 9 aromatic rings. The zero-order chi connectivity index (χ0) is 29.5. The highest BCUT2D eigenvalue weighted by Gasteiger charge is 2.23. The molecular formula is C35H25N9. The standard InChI is InChI=1S/C35H25N9/c1-20-21(2)37-31(22(3)36-20)32-39-33(42-26-15-7-4-12-23(26)24-13-5-8-16-27(24)42)41-34(40-32)44-30-19-11-10-18-29(30)43-28-17-9-6-14-25(28)38-35(43)44/h4-19H,1-3H3. The van der Waals surface area contributed by atoms with Gasteiger partial charge in [0.25, 0.3) is 0 Å². The van der Waals surface area contributed by atoms with Gasteiger partial charge in [-0.05, 0) is 57.2 Å². The number of para-hydroxylation sites is 6. The van der Waals surface area contributed by atoms with Crippen LogP contribution >= 0.6 is 0 Å². The minimum atomic E-state index is 0.451. The van der Waals surface area contributed by atoms with Crippen molar-refractivity contribution >= 4 is 49.7 Å². The Morgan fingerprint density at radius 2 is 0.977 bits per heavy atom. The van der Waals surface area contributed by atoms with Crippen LogP contribution in [0.25, 0.3) is 73.1 Å². The van der Waals surface area contributed by atoms with E-state index in [4.69, 9.17) is 29.9 Å². The van der Waals surface area contributed by atoms with E-state index < -0.39 is 0 Å². The van der Waals surface area contributed by atoms with Gasteiger partial charge in [0.05, 0.1) is 50.2 Å². The number of hydrogen-bond acceptors (Lipinski definition) is 6. The largest absolute Gasteiger partial charge is 0.278 e. The molecule has 0 aliphatic heterocycles. The van der Waals surface area contributed by atoms with E-state index in [9.17, 15) is 0 Å². The Morgan fingerprint density at radius 1 is 0.432 bits per heavy atom. The number of aromatic nitrogens is 9. The van der Waals surface area contributed by atoms with Crippen molar-refractivity contribution in [1.29, 1.82) is 0 Å². The van der Waals surface area contributed by atoms with Gasteiger partial charge in [0.15, 0.2) is 5.82 Å². The number of nitrogens with zero attached hydrogens (tertiary/aromatic N) is 9. The summed E-state index contributed by atoms with van der Waals surface area (Å²) in [6.07, 6.45) is 0. The third-order valence-corrected chi connectivity index (χ3v) is 8.39. The minimum absolute atomic E-state index is 0.451. The van der Waals surface area contributed by atoms with Crippen molar-refractivity contribution in [1.82, 2.24) is 43.4 Å². The summed E-state index contributed by atoms with van der Waals surface area (Å²) in [6.45, 7) is 5.87. The molecule has 0 aliphatic rings. The summed E-state index contributed by atoms with van der Waals surface area (Å²) in [6, 6.07) is 33.1. The van der Waals surface area contributed by atoms with Gasteiger partial charge in [0, 0.05) is 10.8 Å². The van der Waals surface area contributed by atoms with Crippen LogP contribution in [0.4, 0.5) is 0 Å². The third-order valence-electron chi connectivity index (χ3n) is 8.39. The summed E-state index contributed by atoms with van der Waals surface area (Å²) >= 11 is 0. The summed E-state index contributed by atoms with van der Waals surface area (Å²) in [7, 11) is 0. The van der Waals surface area contributed by atoms with Crippen molar-refractivity contribution in [2.24, 2.45) is 0 Å². The van der Waals surface area contributed by atoms with E-state index in [1.165, 1.54) is 0 Å². The van der Waals surface area contributed by atoms with Crippen LogP contribution in [0.2, 0.25) is 0 Å². The van der Waals surface area contributed by atoms with Crippen molar-refractivity contribution in [3.8, 4) is 23.4 Å². The molecule has 9 nitrogen and oxygen atoms in total. The van der Waals surface area contributed by atoms with E-state index in [1.807, 2.05) is 67.8 Å². The zero-order valence-corrected chi connectivity index (χ0v) is 24.3. The van der Waals surface area contributed by atoms with Gasteiger partial charge in [-0.25, -0.2) is 14.5 Å². The van der Waals surface area contributed by atoms with Gasteiger partial charge in [-0.15, -0.1) is 0 Å². The van der Waals surface area contributed by atoms with E-state index in [0.29, 0.717) is 23.4 Å². The molecule has 44 heavy (non-hydrogen) atoms. The molecule has 0 saturated heterocycles. The molecule has 0 amide bonds. The molecule has 5 heterocycles. The first-order valence-corrected chi connectivity index (χ1v) is 14.5. The second-order valence-electron chi connectivity index (χ2n) is 11.0. The van der Waals surface area contributed by atoms with E-state index >= 15 is 0 Å². The second-order valence-corrected chi connectivity index (χ2v) is 11.0. The fourth-order valence-corrected chi connectivity index (χ4v) is 6.27. The van der Waals surface area contributed by atoms with Crippen LogP contribution in [0.1, 0.15) is 17.1 Å². The molecule has 0 unspecified atom stereocenters. The van der Waals surface area contributed by atoms with Crippen LogP contribution in [0.15, 0.2) is 97.1 Å². The SMILES string of the molecule is Cc1nc(C)c(-c2nc(-n3c4ccccc4c4ccccc43)nc(-n3c4ccccc4n4c5ccccc5nc34)n2)nc1C. The van der Waals surface area contributed by atoms with Crippen LogP contribution in [0.5, 0.6) is 0 Å². The smallest absolute Gasteiger partial charge is 0.242 e. The molecule has 0 atom stereocenters. The molecular weight excluding hydrogens is 546 g/mol. The first-order valence-electron chi connectivity index (χ1n) is 14.5. The van der Waals surface area contributed by atoms with Gasteiger partial charge in [0.1, 0.15) is 5.69 Å². The molecule has 210 valence electrons. The van der Waals surface area contributed by atoms with Gasteiger partial charge in [-0.3, -0.25) is 14.0 Å². The fraction of sp³-hybridized carbons (Fsp3) is 0.0857. The fourth-order valence-electron chi connectivity index (χ4n) is 6.27. The Hall–Kier alpha value is -5.96. The maximum absolute atomic E-state index is 5.19. The molecule has 0 fully saturated rings. The lowest BCUT2D eigenvalue weighted by atomic mass is 10.2. The van der Waals surface area contributed by atoms with Gasteiger partial charge < -0.3 is 0 Å². The minimum Gasteiger partial charge on any atom is -0.278 e. The summed E-state index contributed by atoms with van der Waals surface area (Å²) in [5.41, 5.74) is 8.98. The predicted octanol–water partition coefficient (Wildman–Crippen LogP) is 7.10. The van der Waals surface area contributed by atoms with Crippen molar-refractivity contribution in [2.75, 3.05) is 0 Å². The number of hydrogen-bond donors (Lipinski definition) is 0. The summed E-state index contributed by atoms with van der Waals surface area (Å²) in [5.74, 6) is 2.12. The lowest BCUT2D eigenvalue weighted by Crippen LogP contribution is -2.12. The topological polar surface area (TPSA) is 91.6 Å². The number of imidazole rings is 2. The number of aryl methyl sites for hydroxylation is 3. The molecule has 9 heteroatoms. The highest BCUT2D eigenvalue weighted by molar-refractivity contribution is 6.09. The molecule has 4 aromatic carbocycles. The van der Waals surface area contributed by atoms with Gasteiger partial charge in [-0.1, -0.05) is 60.7 Å². The Bertz CT molecular complexity index is 2550. The van der Waals surface area contributed by atoms with Crippen LogP contribution in [-0.2, 0) is 0 Å². The number of rotatable bonds is 3. The number of benzene rings is 4. The lowest BCUT2D eigenvalue weighted by molar-refractivity contribution is 0.875. The normalized spacial score (nSPS) is 12.0. The van der Waals surface area contributed by atoms with Crippen LogP contribution in [-0.4, -0.2) is 43.4 Å². The van der Waals surface area contributed by atoms with Crippen molar-refractivity contribution in [2.45, 2.75) is 20.8 Å². The van der Waals surface area contributed by atoms with E-state index in [1.54, 1.807) is 0 Å². The third kappa shape index (κ3) is 3.40. The van der Waals surface area contributed by atoms with E-state index in [2.05, 4.69) is 63.6 Å². The zero-order valence-electron chi connectivity index (χ0n) is 24.3. The quantitative estimate of drug-likeness (QED) is 0.225. The molecule has 0 N–H and O–H groups in total. The van der Waals surface area contributed by atoms with E-state index in [0.717, 1.165) is 66.7 Å². The average molecular weight is 572 g/mol. The molecule has 5 aromatic heterocycles. The summed E-state index contributed by atoms with van der Waals surface area (Å²) in [5, 5.41) is 2.25. The van der Waals surface area contributed by atoms with Crippen LogP contribution in [0.3, 0.4) is 0 Å². The van der Waals surface area contributed by atoms with Crippen LogP contribution in [0, 0.1) is 20.8 Å². The van der Waals surface area contributed by atoms with Crippen molar-refractivity contribution < 1.29 is 0 Å². The maximum Gasteiger partial charge on any atom is 0.242 e. The molecule has 0 bridgehead atoms. The average Bonchev–Trinajstić information content (AvgIpc) is 3.69. The predicted molar refractivity (Wildman–Crippen MR) is 172 cm³/mol. The monoisotopic (exact) mass is 571 g/mol. The molecule has 0 aliphatic carbocycles. The Labute approximate surface area is 251 Å². The highest BCUT2D eigenvalue weighted by Crippen LogP contribution is 2.33. The molecule has 0 radical (unpaired) electrons. The van der Waals surface area contributed by atoms with E-state index in [-0.39, 0.29) is 0 Å². The van der Waals surface area contributed by atoms with Crippen molar-refractivity contribution in [3.63, 3.8) is 0 Å². The summed E-state index contributed by atoms with van der Waals surface area (Å²) in [4.78, 5) is 30.1. The number of fused-ring (bicyclic) bond motifs is 8. The second kappa shape index (κ2) is 9.02. The maximum atomic E-state index is 5.19. The molecule has 0 saturated carbocycles. The Kier molecular flexibility index (Phi) is 5.05. The Morgan fingerprint density at radius 3 is 1.68 bits per heavy atom. The molecule has 9 rings (SSSR count). The highest BCUT2D eigenvalue weighted by atomic mass is 15.3. The van der Waals surface area contributed by atoms with Gasteiger partial charge in [0.2, 0.25) is 17.7 Å². The first kappa shape index (κ1) is 24.6. The first-order chi connectivity index (χ1) is 21.6. The molecule has 0 spiro atoms. The van der Waals surface area contributed by atoms with Gasteiger partial charge >= 0.3 is 0 Å².